The molecule has 9 nitrogen and oxygen atoms in total. The maximum absolute atomic E-state index is 14.5. The van der Waals surface area contributed by atoms with Crippen LogP contribution in [0.5, 0.6) is 5.88 Å². The summed E-state index contributed by atoms with van der Waals surface area (Å²) in [6.45, 7) is 1.56. The van der Waals surface area contributed by atoms with Gasteiger partial charge in [-0.3, -0.25) is 9.59 Å². The number of anilines is 1. The summed E-state index contributed by atoms with van der Waals surface area (Å²) >= 11 is 0. The van der Waals surface area contributed by atoms with E-state index < -0.39 is 17.8 Å². The van der Waals surface area contributed by atoms with Crippen molar-refractivity contribution in [1.29, 1.82) is 0 Å². The van der Waals surface area contributed by atoms with Crippen LogP contribution in [0.3, 0.4) is 0 Å². The summed E-state index contributed by atoms with van der Waals surface area (Å²) in [6.07, 6.45) is 4.23. The van der Waals surface area contributed by atoms with Gasteiger partial charge in [-0.15, -0.1) is 5.10 Å². The van der Waals surface area contributed by atoms with Gasteiger partial charge in [0, 0.05) is 17.7 Å². The number of halogens is 1. The maximum atomic E-state index is 14.5. The van der Waals surface area contributed by atoms with Crippen LogP contribution in [0.15, 0.2) is 47.4 Å². The number of hydrogen-bond donors (Lipinski definition) is 1. The van der Waals surface area contributed by atoms with Crippen molar-refractivity contribution in [1.82, 2.24) is 24.4 Å². The topological polar surface area (TPSA) is 103 Å². The Morgan fingerprint density at radius 3 is 2.85 bits per heavy atom. The highest BCUT2D eigenvalue weighted by molar-refractivity contribution is 5.94. The Morgan fingerprint density at radius 2 is 2.03 bits per heavy atom. The number of methoxy groups -OCH3 is 1. The summed E-state index contributed by atoms with van der Waals surface area (Å²) in [5, 5.41) is 11.2. The first-order valence-electron chi connectivity index (χ1n) is 10.6. The largest absolute Gasteiger partial charge is 0.480 e. The SMILES string of the molecule is COc1ccc2nc(-c3ccc(F)c(NC(=O)C(C)n4nc5c(cc4=O)CCC5)c3)cn2n1. The molecule has 0 aliphatic heterocycles. The van der Waals surface area contributed by atoms with Gasteiger partial charge >= 0.3 is 0 Å². The van der Waals surface area contributed by atoms with Crippen LogP contribution in [-0.4, -0.2) is 37.4 Å². The monoisotopic (exact) mass is 448 g/mol. The van der Waals surface area contributed by atoms with Gasteiger partial charge in [-0.05, 0) is 56.0 Å². The predicted molar refractivity (Wildman–Crippen MR) is 119 cm³/mol. The molecule has 4 aromatic rings. The van der Waals surface area contributed by atoms with E-state index in [0.717, 1.165) is 35.2 Å². The summed E-state index contributed by atoms with van der Waals surface area (Å²) in [7, 11) is 1.52. The number of carbonyl (C=O) groups is 1. The number of nitrogens with one attached hydrogen (secondary N) is 1. The number of fused-ring (bicyclic) bond motifs is 2. The Labute approximate surface area is 187 Å². The lowest BCUT2D eigenvalue weighted by atomic mass is 10.1. The van der Waals surface area contributed by atoms with E-state index in [4.69, 9.17) is 4.74 Å². The third-order valence-corrected chi connectivity index (χ3v) is 5.75. The summed E-state index contributed by atoms with van der Waals surface area (Å²) < 4.78 is 22.4. The maximum Gasteiger partial charge on any atom is 0.267 e. The zero-order valence-corrected chi connectivity index (χ0v) is 18.1. The lowest BCUT2D eigenvalue weighted by molar-refractivity contribution is -0.119. The van der Waals surface area contributed by atoms with Crippen molar-refractivity contribution in [3.8, 4) is 17.1 Å². The van der Waals surface area contributed by atoms with Crippen molar-refractivity contribution in [2.45, 2.75) is 32.2 Å². The van der Waals surface area contributed by atoms with Gasteiger partial charge in [0.15, 0.2) is 5.65 Å². The van der Waals surface area contributed by atoms with Crippen molar-refractivity contribution < 1.29 is 13.9 Å². The lowest BCUT2D eigenvalue weighted by Crippen LogP contribution is -2.34. The van der Waals surface area contributed by atoms with Crippen molar-refractivity contribution >= 4 is 17.2 Å². The minimum absolute atomic E-state index is 0.0128. The lowest BCUT2D eigenvalue weighted by Gasteiger charge is -2.16. The van der Waals surface area contributed by atoms with Crippen LogP contribution >= 0.6 is 0 Å². The number of ether oxygens (including phenoxy) is 1. The van der Waals surface area contributed by atoms with Gasteiger partial charge in [0.25, 0.3) is 5.56 Å². The molecule has 0 saturated carbocycles. The van der Waals surface area contributed by atoms with Crippen LogP contribution in [0.1, 0.15) is 30.6 Å². The molecule has 10 heteroatoms. The molecule has 1 amide bonds. The molecular weight excluding hydrogens is 427 g/mol. The zero-order valence-electron chi connectivity index (χ0n) is 18.1. The first kappa shape index (κ1) is 20.8. The molecule has 0 spiro atoms. The average molecular weight is 448 g/mol. The molecule has 0 fully saturated rings. The Morgan fingerprint density at radius 1 is 1.18 bits per heavy atom. The molecule has 0 radical (unpaired) electrons. The second-order valence-corrected chi connectivity index (χ2v) is 7.92. The van der Waals surface area contributed by atoms with Crippen LogP contribution < -0.4 is 15.6 Å². The van der Waals surface area contributed by atoms with Crippen molar-refractivity contribution in [3.63, 3.8) is 0 Å². The first-order chi connectivity index (χ1) is 15.9. The minimum Gasteiger partial charge on any atom is -0.480 e. The van der Waals surface area contributed by atoms with E-state index in [1.165, 1.54) is 25.3 Å². The quantitative estimate of drug-likeness (QED) is 0.504. The van der Waals surface area contributed by atoms with Crippen molar-refractivity contribution in [2.75, 3.05) is 12.4 Å². The van der Waals surface area contributed by atoms with Gasteiger partial charge in [0.05, 0.1) is 30.4 Å². The Kier molecular flexibility index (Phi) is 5.12. The second-order valence-electron chi connectivity index (χ2n) is 7.92. The Hall–Kier alpha value is -4.08. The fourth-order valence-electron chi connectivity index (χ4n) is 3.93. The number of benzene rings is 1. The molecule has 1 unspecified atom stereocenters. The second kappa shape index (κ2) is 8.12. The number of aryl methyl sites for hydroxylation is 2. The molecule has 1 aliphatic carbocycles. The van der Waals surface area contributed by atoms with E-state index >= 15 is 0 Å². The van der Waals surface area contributed by atoms with Gasteiger partial charge in [-0.25, -0.2) is 18.6 Å². The van der Waals surface area contributed by atoms with E-state index in [1.54, 1.807) is 35.8 Å². The minimum atomic E-state index is -0.904. The highest BCUT2D eigenvalue weighted by Gasteiger charge is 2.22. The molecule has 168 valence electrons. The fraction of sp³-hybridized carbons (Fsp3) is 0.261. The van der Waals surface area contributed by atoms with E-state index in [2.05, 4.69) is 20.5 Å². The van der Waals surface area contributed by atoms with Gasteiger partial charge in [0.2, 0.25) is 11.8 Å². The molecule has 1 aliphatic rings. The fourth-order valence-corrected chi connectivity index (χ4v) is 3.93. The number of nitrogens with zero attached hydrogens (tertiary/aromatic N) is 5. The van der Waals surface area contributed by atoms with Gasteiger partial charge in [-0.2, -0.15) is 5.10 Å². The van der Waals surface area contributed by atoms with Gasteiger partial charge in [0.1, 0.15) is 11.9 Å². The van der Waals surface area contributed by atoms with E-state index in [-0.39, 0.29) is 11.2 Å². The third-order valence-electron chi connectivity index (χ3n) is 5.75. The van der Waals surface area contributed by atoms with Crippen LogP contribution in [-0.2, 0) is 17.6 Å². The molecule has 3 aromatic heterocycles. The van der Waals surface area contributed by atoms with Crippen molar-refractivity contribution in [3.05, 3.63) is 70.0 Å². The standard InChI is InChI=1S/C23H21FN6O3/c1-13(30-22(31)11-14-4-3-5-17(14)27-30)23(32)26-18-10-15(6-7-16(18)24)19-12-29-20(25-19)8-9-21(28-29)33-2/h6-13H,3-5H2,1-2H3,(H,26,32). The van der Waals surface area contributed by atoms with Crippen molar-refractivity contribution in [2.24, 2.45) is 0 Å². The molecule has 5 rings (SSSR count). The zero-order chi connectivity index (χ0) is 23.1. The normalized spacial score (nSPS) is 13.7. The van der Waals surface area contributed by atoms with E-state index in [0.29, 0.717) is 22.8 Å². The first-order valence-corrected chi connectivity index (χ1v) is 10.6. The number of amides is 1. The van der Waals surface area contributed by atoms with E-state index in [9.17, 15) is 14.0 Å². The molecular formula is C23H21FN6O3. The molecule has 0 saturated heterocycles. The molecule has 0 bridgehead atoms. The summed E-state index contributed by atoms with van der Waals surface area (Å²) in [6, 6.07) is 8.40. The number of imidazole rings is 1. The summed E-state index contributed by atoms with van der Waals surface area (Å²) in [5.41, 5.74) is 3.15. The Bertz CT molecular complexity index is 1440. The average Bonchev–Trinajstić information content (AvgIpc) is 3.45. The highest BCUT2D eigenvalue weighted by atomic mass is 19.1. The van der Waals surface area contributed by atoms with Crippen LogP contribution in [0, 0.1) is 5.82 Å². The number of hydrogen-bond acceptors (Lipinski definition) is 6. The Balaban J connectivity index is 1.42. The number of rotatable bonds is 5. The molecule has 1 aromatic carbocycles. The smallest absolute Gasteiger partial charge is 0.267 e. The number of carbonyl (C=O) groups excluding carboxylic acids is 1. The summed E-state index contributed by atoms with van der Waals surface area (Å²) in [4.78, 5) is 29.8. The highest BCUT2D eigenvalue weighted by Crippen LogP contribution is 2.26. The number of aromatic nitrogens is 5. The van der Waals surface area contributed by atoms with Crippen LogP contribution in [0.2, 0.25) is 0 Å². The third kappa shape index (κ3) is 3.84. The predicted octanol–water partition coefficient (Wildman–Crippen LogP) is 2.79. The molecule has 1 N–H and O–H groups in total. The van der Waals surface area contributed by atoms with E-state index in [1.807, 2.05) is 0 Å². The summed E-state index contributed by atoms with van der Waals surface area (Å²) in [5.74, 6) is -0.708. The van der Waals surface area contributed by atoms with Gasteiger partial charge in [-0.1, -0.05) is 0 Å². The van der Waals surface area contributed by atoms with Gasteiger partial charge < -0.3 is 10.1 Å². The van der Waals surface area contributed by atoms with Crippen LogP contribution in [0.25, 0.3) is 16.9 Å². The molecule has 3 heterocycles. The van der Waals surface area contributed by atoms with Crippen LogP contribution in [0.4, 0.5) is 10.1 Å². The molecule has 1 atom stereocenters. The molecule has 33 heavy (non-hydrogen) atoms.